The molecule has 15 nitrogen and oxygen atoms in total. The molecule has 2 aromatic heterocycles. The minimum Gasteiger partial charge on any atom is -0.465 e. The van der Waals surface area contributed by atoms with Crippen molar-refractivity contribution in [1.29, 1.82) is 0 Å². The Hall–Kier alpha value is -4.51. The van der Waals surface area contributed by atoms with Crippen molar-refractivity contribution in [3.05, 3.63) is 29.0 Å². The van der Waals surface area contributed by atoms with E-state index in [-0.39, 0.29) is 66.0 Å². The van der Waals surface area contributed by atoms with Gasteiger partial charge in [0.05, 0.1) is 25.8 Å². The van der Waals surface area contributed by atoms with Crippen LogP contribution in [0, 0.1) is 17.6 Å². The molecule has 0 unspecified atom stereocenters. The molecule has 250 valence electrons. The number of rotatable bonds is 8. The summed E-state index contributed by atoms with van der Waals surface area (Å²) < 4.78 is 42.4. The minimum absolute atomic E-state index is 0.0175. The molecule has 17 heteroatoms. The normalized spacial score (nSPS) is 19.2. The second kappa shape index (κ2) is 11.9. The van der Waals surface area contributed by atoms with Crippen molar-refractivity contribution in [1.82, 2.24) is 39.7 Å². The molecule has 0 bridgehead atoms. The number of likely N-dealkylation sites (N-methyl/N-ethyl adjacent to an activating group) is 2. The van der Waals surface area contributed by atoms with Crippen LogP contribution in [0.2, 0.25) is 0 Å². The monoisotopic (exact) mass is 654 g/mol. The van der Waals surface area contributed by atoms with E-state index in [0.29, 0.717) is 69.5 Å². The van der Waals surface area contributed by atoms with Crippen molar-refractivity contribution in [3.63, 3.8) is 0 Å². The van der Waals surface area contributed by atoms with Crippen LogP contribution in [0.1, 0.15) is 24.0 Å². The fraction of sp³-hybridized carbons (Fsp3) is 0.567. The number of amides is 3. The van der Waals surface area contributed by atoms with Gasteiger partial charge < -0.3 is 29.5 Å². The van der Waals surface area contributed by atoms with Crippen molar-refractivity contribution >= 4 is 40.6 Å². The van der Waals surface area contributed by atoms with E-state index in [4.69, 9.17) is 9.47 Å². The first-order chi connectivity index (χ1) is 22.5. The molecule has 0 saturated carbocycles. The molecular formula is C30H36F2N10O5. The van der Waals surface area contributed by atoms with Crippen LogP contribution in [0.3, 0.4) is 0 Å². The Morgan fingerprint density at radius 1 is 1.09 bits per heavy atom. The molecule has 4 aliphatic rings. The van der Waals surface area contributed by atoms with E-state index in [1.807, 2.05) is 0 Å². The van der Waals surface area contributed by atoms with E-state index in [9.17, 15) is 14.4 Å². The van der Waals surface area contributed by atoms with Crippen LogP contribution >= 0.6 is 0 Å². The van der Waals surface area contributed by atoms with Gasteiger partial charge in [0.1, 0.15) is 5.60 Å². The number of anilines is 2. The highest BCUT2D eigenvalue weighted by atomic mass is 19.1. The number of hydrogen-bond donors (Lipinski definition) is 1. The van der Waals surface area contributed by atoms with Gasteiger partial charge in [-0.25, -0.2) is 23.5 Å². The zero-order valence-electron chi connectivity index (χ0n) is 26.5. The molecule has 2 saturated heterocycles. The minimum atomic E-state index is -0.689. The van der Waals surface area contributed by atoms with Crippen LogP contribution in [-0.4, -0.2) is 130 Å². The van der Waals surface area contributed by atoms with Crippen LogP contribution < -0.4 is 15.0 Å². The molecule has 3 aromatic rings. The van der Waals surface area contributed by atoms with Gasteiger partial charge >= 0.3 is 6.09 Å². The highest BCUT2D eigenvalue weighted by molar-refractivity contribution is 5.95. The molecule has 0 atom stereocenters. The predicted molar refractivity (Wildman–Crippen MR) is 163 cm³/mol. The van der Waals surface area contributed by atoms with Crippen molar-refractivity contribution in [3.8, 4) is 5.88 Å². The molecule has 3 aliphatic heterocycles. The Morgan fingerprint density at radius 3 is 2.43 bits per heavy atom. The van der Waals surface area contributed by atoms with Crippen LogP contribution in [0.4, 0.5) is 25.2 Å². The summed E-state index contributed by atoms with van der Waals surface area (Å²) in [6, 6.07) is 0. The third-order valence-corrected chi connectivity index (χ3v) is 9.32. The number of piperidine rings is 1. The van der Waals surface area contributed by atoms with Crippen molar-refractivity contribution < 1.29 is 32.6 Å². The van der Waals surface area contributed by atoms with Gasteiger partial charge in [-0.1, -0.05) is 0 Å². The van der Waals surface area contributed by atoms with Crippen molar-refractivity contribution in [2.24, 2.45) is 5.92 Å². The lowest BCUT2D eigenvalue weighted by Crippen LogP contribution is -2.48. The van der Waals surface area contributed by atoms with Gasteiger partial charge in [0.15, 0.2) is 40.9 Å². The quantitative estimate of drug-likeness (QED) is 0.371. The summed E-state index contributed by atoms with van der Waals surface area (Å²) in [4.78, 5) is 53.5. The van der Waals surface area contributed by atoms with Crippen LogP contribution in [0.25, 0.3) is 11.0 Å². The van der Waals surface area contributed by atoms with Gasteiger partial charge in [0, 0.05) is 46.1 Å². The smallest absolute Gasteiger partial charge is 0.416 e. The fourth-order valence-electron chi connectivity index (χ4n) is 6.81. The highest BCUT2D eigenvalue weighted by Gasteiger charge is 2.48. The van der Waals surface area contributed by atoms with E-state index in [1.165, 1.54) is 15.9 Å². The number of halogens is 2. The van der Waals surface area contributed by atoms with Crippen LogP contribution in [0.15, 0.2) is 6.20 Å². The van der Waals surface area contributed by atoms with E-state index in [0.717, 1.165) is 0 Å². The number of likely N-dealkylation sites (tertiary alicyclic amines) is 1. The van der Waals surface area contributed by atoms with Crippen LogP contribution in [-0.2, 0) is 33.7 Å². The standard InChI is InChI=1S/C30H36F2N10O5/c1-38(2)14-22(44)39(3)8-9-42-36-25-23(31)18-10-17(11-19(18)24(32)26(25)37-42)13-40-6-4-30(5-7-40)16-41(29(45)47-30)20-12-33-28-27(34-20)35-21(43)15-46-28/h12,17H,4-11,13-16H2,1-3H3,(H,34,35,43). The third-order valence-electron chi connectivity index (χ3n) is 9.32. The topological polar surface area (TPSA) is 151 Å². The Labute approximate surface area is 268 Å². The van der Waals surface area contributed by atoms with Gasteiger partial charge in [0.2, 0.25) is 5.91 Å². The van der Waals surface area contributed by atoms with Gasteiger partial charge in [-0.3, -0.25) is 14.5 Å². The summed E-state index contributed by atoms with van der Waals surface area (Å²) in [6.07, 6.45) is 2.86. The maximum absolute atomic E-state index is 15.7. The first-order valence-electron chi connectivity index (χ1n) is 15.6. The summed E-state index contributed by atoms with van der Waals surface area (Å²) >= 11 is 0. The molecule has 5 heterocycles. The fourth-order valence-corrected chi connectivity index (χ4v) is 6.81. The maximum Gasteiger partial charge on any atom is 0.416 e. The Balaban J connectivity index is 0.955. The lowest BCUT2D eigenvalue weighted by atomic mass is 9.90. The molecule has 0 radical (unpaired) electrons. The number of fused-ring (bicyclic) bond motifs is 3. The number of aromatic nitrogens is 5. The second-order valence-corrected chi connectivity index (χ2v) is 13.1. The molecule has 1 aromatic carbocycles. The summed E-state index contributed by atoms with van der Waals surface area (Å²) in [5.74, 6) is -0.846. The second-order valence-electron chi connectivity index (χ2n) is 13.1. The lowest BCUT2D eigenvalue weighted by Gasteiger charge is -2.38. The molecule has 1 aliphatic carbocycles. The molecule has 2 fully saturated rings. The lowest BCUT2D eigenvalue weighted by molar-refractivity contribution is -0.130. The number of nitrogens with one attached hydrogen (secondary N) is 1. The molecule has 47 heavy (non-hydrogen) atoms. The summed E-state index contributed by atoms with van der Waals surface area (Å²) in [5, 5.41) is 11.1. The first kappa shape index (κ1) is 31.1. The molecule has 3 amide bonds. The van der Waals surface area contributed by atoms with Gasteiger partial charge in [0.25, 0.3) is 11.8 Å². The molecule has 1 spiro atoms. The number of benzene rings is 1. The van der Waals surface area contributed by atoms with E-state index in [1.54, 1.807) is 30.9 Å². The van der Waals surface area contributed by atoms with Crippen molar-refractivity contribution in [2.45, 2.75) is 37.8 Å². The molecular weight excluding hydrogens is 618 g/mol. The average molecular weight is 655 g/mol. The number of nitrogens with zero attached hydrogens (tertiary/aromatic N) is 9. The van der Waals surface area contributed by atoms with Crippen molar-refractivity contribution in [2.75, 3.05) is 77.2 Å². The predicted octanol–water partition coefficient (Wildman–Crippen LogP) is 1.06. The Morgan fingerprint density at radius 2 is 1.77 bits per heavy atom. The maximum atomic E-state index is 15.7. The number of carbonyl (C=O) groups is 3. The van der Waals surface area contributed by atoms with Gasteiger partial charge in [-0.15, -0.1) is 0 Å². The zero-order valence-corrected chi connectivity index (χ0v) is 26.5. The van der Waals surface area contributed by atoms with E-state index < -0.39 is 23.3 Å². The average Bonchev–Trinajstić information content (AvgIpc) is 3.75. The SMILES string of the molecule is CN(C)CC(=O)N(C)CCn1nc2c(F)c3c(c(F)c2n1)CC(CN1CCC2(CC1)CN(c1cnc4c(n1)NC(=O)CO4)C(=O)O2)C3. The number of carbonyl (C=O) groups excluding carboxylic acids is 3. The van der Waals surface area contributed by atoms with Gasteiger partial charge in [-0.2, -0.15) is 15.0 Å². The van der Waals surface area contributed by atoms with E-state index >= 15 is 8.78 Å². The molecule has 1 N–H and O–H groups in total. The van der Waals surface area contributed by atoms with Gasteiger partial charge in [-0.05, 0) is 44.0 Å². The van der Waals surface area contributed by atoms with Crippen LogP contribution in [0.5, 0.6) is 5.88 Å². The number of ether oxygens (including phenoxy) is 2. The summed E-state index contributed by atoms with van der Waals surface area (Å²) in [6.45, 7) is 2.90. The Kier molecular flexibility index (Phi) is 7.90. The summed E-state index contributed by atoms with van der Waals surface area (Å²) in [7, 11) is 5.29. The largest absolute Gasteiger partial charge is 0.465 e. The third kappa shape index (κ3) is 5.93. The highest BCUT2D eigenvalue weighted by Crippen LogP contribution is 2.39. The zero-order chi connectivity index (χ0) is 33.0. The summed E-state index contributed by atoms with van der Waals surface area (Å²) in [5.41, 5.74) is -0.157. The van der Waals surface area contributed by atoms with E-state index in [2.05, 4.69) is 30.4 Å². The number of hydrogen-bond acceptors (Lipinski definition) is 11. The first-order valence-corrected chi connectivity index (χ1v) is 15.6. The Bertz CT molecular complexity index is 1710. The molecule has 7 rings (SSSR count).